The zero-order chi connectivity index (χ0) is 18.9. The lowest BCUT2D eigenvalue weighted by Crippen LogP contribution is -2.19. The van der Waals surface area contributed by atoms with Crippen LogP contribution in [0.3, 0.4) is 0 Å². The van der Waals surface area contributed by atoms with Gasteiger partial charge < -0.3 is 14.0 Å². The summed E-state index contributed by atoms with van der Waals surface area (Å²) in [5.41, 5.74) is 0.935. The quantitative estimate of drug-likeness (QED) is 0.624. The molecule has 1 aromatic carbocycles. The average molecular weight is 378 g/mol. The average Bonchev–Trinajstić information content (AvgIpc) is 2.95. The molecule has 7 heteroatoms. The molecule has 142 valence electrons. The zero-order valence-corrected chi connectivity index (χ0v) is 16.4. The summed E-state index contributed by atoms with van der Waals surface area (Å²) >= 11 is 1.43. The number of aryl methyl sites for hydroxylation is 1. The summed E-state index contributed by atoms with van der Waals surface area (Å²) in [6, 6.07) is 5.78. The van der Waals surface area contributed by atoms with E-state index in [1.54, 1.807) is 6.92 Å². The molecule has 0 radical (unpaired) electrons. The van der Waals surface area contributed by atoms with Crippen LogP contribution in [0, 0.1) is 0 Å². The molecule has 0 aliphatic rings. The Morgan fingerprint density at radius 1 is 1.15 bits per heavy atom. The molecule has 0 spiro atoms. The van der Waals surface area contributed by atoms with Gasteiger partial charge >= 0.3 is 5.97 Å². The van der Waals surface area contributed by atoms with Crippen molar-refractivity contribution >= 4 is 33.4 Å². The predicted octanol–water partition coefficient (Wildman–Crippen LogP) is 3.67. The van der Waals surface area contributed by atoms with Crippen molar-refractivity contribution in [2.24, 2.45) is 4.99 Å². The minimum absolute atomic E-state index is 0.131. The number of hydrogen-bond acceptors (Lipinski definition) is 5. The third kappa shape index (κ3) is 5.42. The Morgan fingerprint density at radius 3 is 2.65 bits per heavy atom. The van der Waals surface area contributed by atoms with Gasteiger partial charge in [-0.05, 0) is 38.5 Å². The molecule has 0 saturated carbocycles. The molecule has 2 rings (SSSR count). The van der Waals surface area contributed by atoms with E-state index in [2.05, 4.69) is 4.99 Å². The number of carbonyl (C=O) groups is 2. The van der Waals surface area contributed by atoms with Crippen LogP contribution in [0.25, 0.3) is 10.2 Å². The minimum Gasteiger partial charge on any atom is -0.494 e. The second-order valence-electron chi connectivity index (χ2n) is 5.76. The highest BCUT2D eigenvalue weighted by Crippen LogP contribution is 2.23. The lowest BCUT2D eigenvalue weighted by molar-refractivity contribution is -0.143. The number of unbranched alkanes of at least 4 members (excludes halogenated alkanes) is 1. The molecule has 0 bridgehead atoms. The summed E-state index contributed by atoms with van der Waals surface area (Å²) in [6.07, 6.45) is 2.45. The van der Waals surface area contributed by atoms with Crippen molar-refractivity contribution in [3.63, 3.8) is 0 Å². The van der Waals surface area contributed by atoms with Gasteiger partial charge in [-0.25, -0.2) is 0 Å². The van der Waals surface area contributed by atoms with Crippen molar-refractivity contribution < 1.29 is 19.1 Å². The van der Waals surface area contributed by atoms with Crippen LogP contribution in [0.15, 0.2) is 23.2 Å². The number of benzene rings is 1. The maximum Gasteiger partial charge on any atom is 0.307 e. The number of ether oxygens (including phenoxy) is 2. The summed E-state index contributed by atoms with van der Waals surface area (Å²) in [4.78, 5) is 28.8. The van der Waals surface area contributed by atoms with Gasteiger partial charge in [0.2, 0.25) is 5.91 Å². The predicted molar refractivity (Wildman–Crippen MR) is 102 cm³/mol. The highest BCUT2D eigenvalue weighted by atomic mass is 32.1. The molecular weight excluding hydrogens is 352 g/mol. The summed E-state index contributed by atoms with van der Waals surface area (Å²) < 4.78 is 13.5. The Bertz CT molecular complexity index is 823. The van der Waals surface area contributed by atoms with E-state index in [9.17, 15) is 9.59 Å². The van der Waals surface area contributed by atoms with Crippen molar-refractivity contribution in [3.05, 3.63) is 23.0 Å². The molecule has 0 fully saturated rings. The number of thiazole rings is 1. The second kappa shape index (κ2) is 10.1. The molecular formula is C19H26N2O4S. The Labute approximate surface area is 157 Å². The minimum atomic E-state index is -0.256. The molecule has 0 aliphatic heterocycles. The van der Waals surface area contributed by atoms with Crippen molar-refractivity contribution in [1.29, 1.82) is 0 Å². The van der Waals surface area contributed by atoms with Gasteiger partial charge in [-0.15, -0.1) is 0 Å². The molecule has 1 amide bonds. The van der Waals surface area contributed by atoms with E-state index in [0.717, 1.165) is 28.8 Å². The molecule has 0 atom stereocenters. The van der Waals surface area contributed by atoms with Crippen LogP contribution in [-0.2, 0) is 20.9 Å². The number of amides is 1. The number of nitrogens with zero attached hydrogens (tertiary/aromatic N) is 2. The van der Waals surface area contributed by atoms with Crippen LogP contribution in [0.4, 0.5) is 0 Å². The maximum atomic E-state index is 12.1. The number of rotatable bonds is 9. The number of hydrogen-bond donors (Lipinski definition) is 0. The van der Waals surface area contributed by atoms with Crippen molar-refractivity contribution in [3.8, 4) is 5.75 Å². The van der Waals surface area contributed by atoms with Gasteiger partial charge in [-0.1, -0.05) is 24.7 Å². The molecule has 0 N–H and O–H groups in total. The van der Waals surface area contributed by atoms with Gasteiger partial charge in [0.05, 0.1) is 29.9 Å². The fourth-order valence-electron chi connectivity index (χ4n) is 2.54. The fourth-order valence-corrected chi connectivity index (χ4v) is 3.64. The SMILES string of the molecule is CCCCC(=O)N=c1sc2cc(OCC)ccc2n1CCC(=O)OCC. The van der Waals surface area contributed by atoms with Gasteiger partial charge in [0.15, 0.2) is 4.80 Å². The smallest absolute Gasteiger partial charge is 0.307 e. The van der Waals surface area contributed by atoms with Crippen LogP contribution in [0.5, 0.6) is 5.75 Å². The van der Waals surface area contributed by atoms with E-state index in [4.69, 9.17) is 9.47 Å². The maximum absolute atomic E-state index is 12.1. The Balaban J connectivity index is 2.39. The van der Waals surface area contributed by atoms with Gasteiger partial charge in [0, 0.05) is 13.0 Å². The highest BCUT2D eigenvalue weighted by molar-refractivity contribution is 7.16. The summed E-state index contributed by atoms with van der Waals surface area (Å²) in [5, 5.41) is 0. The lowest BCUT2D eigenvalue weighted by Gasteiger charge is -2.06. The Kier molecular flexibility index (Phi) is 7.84. The molecule has 1 heterocycles. The summed E-state index contributed by atoms with van der Waals surface area (Å²) in [7, 11) is 0. The lowest BCUT2D eigenvalue weighted by atomic mass is 10.2. The standard InChI is InChI=1S/C19H26N2O4S/c1-4-7-8-17(22)20-19-21(12-11-18(23)25-6-3)15-10-9-14(24-5-2)13-16(15)26-19/h9-10,13H,4-8,11-12H2,1-3H3. The second-order valence-corrected chi connectivity index (χ2v) is 6.77. The fraction of sp³-hybridized carbons (Fsp3) is 0.526. The first-order valence-electron chi connectivity index (χ1n) is 9.08. The van der Waals surface area contributed by atoms with Crippen LogP contribution in [-0.4, -0.2) is 29.7 Å². The highest BCUT2D eigenvalue weighted by Gasteiger charge is 2.11. The van der Waals surface area contributed by atoms with Gasteiger partial charge in [-0.2, -0.15) is 4.99 Å². The normalized spacial score (nSPS) is 11.7. The van der Waals surface area contributed by atoms with E-state index in [-0.39, 0.29) is 18.3 Å². The number of fused-ring (bicyclic) bond motifs is 1. The van der Waals surface area contributed by atoms with E-state index in [1.807, 2.05) is 36.6 Å². The summed E-state index contributed by atoms with van der Waals surface area (Å²) in [5.74, 6) is 0.393. The Hall–Kier alpha value is -2.15. The first-order chi connectivity index (χ1) is 12.6. The van der Waals surface area contributed by atoms with Gasteiger partial charge in [0.25, 0.3) is 0 Å². The van der Waals surface area contributed by atoms with Crippen molar-refractivity contribution in [2.75, 3.05) is 13.2 Å². The van der Waals surface area contributed by atoms with E-state index in [1.165, 1.54) is 11.3 Å². The van der Waals surface area contributed by atoms with Gasteiger partial charge in [0.1, 0.15) is 5.75 Å². The largest absolute Gasteiger partial charge is 0.494 e. The third-order valence-corrected chi connectivity index (χ3v) is 4.82. The van der Waals surface area contributed by atoms with E-state index in [0.29, 0.717) is 31.0 Å². The molecule has 26 heavy (non-hydrogen) atoms. The van der Waals surface area contributed by atoms with Crippen LogP contribution in [0.1, 0.15) is 46.5 Å². The van der Waals surface area contributed by atoms with E-state index >= 15 is 0 Å². The topological polar surface area (TPSA) is 69.9 Å². The molecule has 6 nitrogen and oxygen atoms in total. The van der Waals surface area contributed by atoms with Crippen molar-refractivity contribution in [1.82, 2.24) is 4.57 Å². The Morgan fingerprint density at radius 2 is 1.96 bits per heavy atom. The first kappa shape index (κ1) is 20.2. The first-order valence-corrected chi connectivity index (χ1v) is 9.90. The third-order valence-electron chi connectivity index (χ3n) is 3.77. The molecule has 0 aliphatic carbocycles. The van der Waals surface area contributed by atoms with E-state index < -0.39 is 0 Å². The van der Waals surface area contributed by atoms with Crippen molar-refractivity contribution in [2.45, 2.75) is 53.0 Å². The van der Waals surface area contributed by atoms with Crippen LogP contribution >= 0.6 is 11.3 Å². The summed E-state index contributed by atoms with van der Waals surface area (Å²) in [6.45, 7) is 7.14. The number of carbonyl (C=O) groups excluding carboxylic acids is 2. The molecule has 2 aromatic rings. The molecule has 1 aromatic heterocycles. The monoisotopic (exact) mass is 378 g/mol. The zero-order valence-electron chi connectivity index (χ0n) is 15.6. The molecule has 0 saturated heterocycles. The van der Waals surface area contributed by atoms with Crippen LogP contribution < -0.4 is 9.54 Å². The number of esters is 1. The van der Waals surface area contributed by atoms with Gasteiger partial charge in [-0.3, -0.25) is 9.59 Å². The van der Waals surface area contributed by atoms with Crippen LogP contribution in [0.2, 0.25) is 0 Å². The number of aromatic nitrogens is 1. The molecule has 0 unspecified atom stereocenters.